The summed E-state index contributed by atoms with van der Waals surface area (Å²) in [5, 5.41) is 10.3. The van der Waals surface area contributed by atoms with Crippen LogP contribution in [0.4, 0.5) is 4.79 Å². The third kappa shape index (κ3) is 8.73. The normalized spacial score (nSPS) is 12.6. The van der Waals surface area contributed by atoms with Crippen LogP contribution in [0.1, 0.15) is 34.6 Å². The number of nitriles is 1. The zero-order valence-electron chi connectivity index (χ0n) is 14.2. The van der Waals surface area contributed by atoms with Crippen LogP contribution in [-0.2, 0) is 4.74 Å². The van der Waals surface area contributed by atoms with Gasteiger partial charge in [-0.3, -0.25) is 5.01 Å². The van der Waals surface area contributed by atoms with Gasteiger partial charge in [0.05, 0.1) is 0 Å². The van der Waals surface area contributed by atoms with Crippen LogP contribution in [0, 0.1) is 17.2 Å². The van der Waals surface area contributed by atoms with Crippen LogP contribution in [0.25, 0.3) is 0 Å². The second-order valence-corrected chi connectivity index (χ2v) is 6.53. The van der Waals surface area contributed by atoms with Gasteiger partial charge in [0.2, 0.25) is 0 Å². The Bertz CT molecular complexity index is 541. The molecule has 0 saturated heterocycles. The van der Waals surface area contributed by atoms with E-state index in [0.717, 1.165) is 6.20 Å². The van der Waals surface area contributed by atoms with E-state index in [1.807, 2.05) is 13.8 Å². The molecule has 0 aliphatic carbocycles. The van der Waals surface area contributed by atoms with Crippen LogP contribution in [-0.4, -0.2) is 29.1 Å². The average Bonchev–Trinajstić information content (AvgIpc) is 2.40. The largest absolute Gasteiger partial charge is 0.443 e. The van der Waals surface area contributed by atoms with Crippen LogP contribution in [0.15, 0.2) is 28.5 Å². The van der Waals surface area contributed by atoms with Gasteiger partial charge < -0.3 is 10.5 Å². The van der Waals surface area contributed by atoms with E-state index in [9.17, 15) is 4.79 Å². The van der Waals surface area contributed by atoms with Gasteiger partial charge in [-0.1, -0.05) is 32.0 Å². The number of hydrogen-bond donors (Lipinski definition) is 2. The van der Waals surface area contributed by atoms with E-state index in [-0.39, 0.29) is 22.5 Å². The smallest absolute Gasteiger partial charge is 0.426 e. The first-order chi connectivity index (χ1) is 10.5. The van der Waals surface area contributed by atoms with Gasteiger partial charge in [-0.05, 0) is 26.7 Å². The van der Waals surface area contributed by atoms with Gasteiger partial charge in [-0.15, -0.1) is 0 Å². The molecule has 128 valence electrons. The van der Waals surface area contributed by atoms with E-state index in [1.54, 1.807) is 26.8 Å². The molecule has 0 aromatic rings. The van der Waals surface area contributed by atoms with Crippen LogP contribution < -0.4 is 11.2 Å². The van der Waals surface area contributed by atoms with Gasteiger partial charge in [0.25, 0.3) is 0 Å². The fourth-order valence-corrected chi connectivity index (χ4v) is 1.58. The molecule has 0 aromatic carbocycles. The monoisotopic (exact) mass is 341 g/mol. The lowest BCUT2D eigenvalue weighted by Gasteiger charge is -2.29. The summed E-state index contributed by atoms with van der Waals surface area (Å²) >= 11 is 6.05. The zero-order chi connectivity index (χ0) is 18.2. The minimum atomic E-state index is -0.671. The summed E-state index contributed by atoms with van der Waals surface area (Å²) in [5.41, 5.74) is 7.27. The number of amides is 1. The number of hydrogen-bond acceptors (Lipinski definition) is 5. The first-order valence-electron chi connectivity index (χ1n) is 7.02. The number of amidine groups is 1. The first kappa shape index (κ1) is 20.8. The molecular formula is C15H24ClN5O2. The molecule has 0 aliphatic heterocycles. The van der Waals surface area contributed by atoms with Crippen LogP contribution >= 0.6 is 11.6 Å². The van der Waals surface area contributed by atoms with E-state index < -0.39 is 11.7 Å². The van der Waals surface area contributed by atoms with Crippen molar-refractivity contribution in [1.82, 2.24) is 10.4 Å². The molecule has 3 N–H and O–H groups in total. The molecule has 0 saturated carbocycles. The predicted octanol–water partition coefficient (Wildman–Crippen LogP) is 2.86. The molecule has 8 heteroatoms. The topological polar surface area (TPSA) is 104 Å². The van der Waals surface area contributed by atoms with Gasteiger partial charge in [0.1, 0.15) is 22.4 Å². The third-order valence-corrected chi connectivity index (χ3v) is 2.45. The average molecular weight is 342 g/mol. The molecule has 0 fully saturated rings. The molecule has 0 rings (SSSR count). The summed E-state index contributed by atoms with van der Waals surface area (Å²) in [6.45, 7) is 13.0. The number of ether oxygens (including phenoxy) is 1. The van der Waals surface area contributed by atoms with Gasteiger partial charge in [-0.25, -0.2) is 15.2 Å². The highest BCUT2D eigenvalue weighted by Crippen LogP contribution is 2.12. The minimum Gasteiger partial charge on any atom is -0.443 e. The predicted molar refractivity (Wildman–Crippen MR) is 91.2 cm³/mol. The molecular weight excluding hydrogens is 318 g/mol. The van der Waals surface area contributed by atoms with Gasteiger partial charge in [-0.2, -0.15) is 5.26 Å². The molecule has 1 amide bonds. The third-order valence-electron chi connectivity index (χ3n) is 2.16. The van der Waals surface area contributed by atoms with Crippen molar-refractivity contribution in [2.75, 3.05) is 6.54 Å². The number of carbonyl (C=O) groups is 1. The fraction of sp³-hybridized carbons (Fsp3) is 0.533. The summed E-state index contributed by atoms with van der Waals surface area (Å²) in [5.74, 6) is 0.271. The maximum Gasteiger partial charge on any atom is 0.426 e. The number of hydrazine groups is 1. The Morgan fingerprint density at radius 2 is 2.13 bits per heavy atom. The molecule has 7 nitrogen and oxygen atoms in total. The Morgan fingerprint density at radius 1 is 1.57 bits per heavy atom. The van der Waals surface area contributed by atoms with Crippen LogP contribution in [0.3, 0.4) is 0 Å². The number of nitrogens with zero attached hydrogens (tertiary/aromatic N) is 3. The molecule has 0 radical (unpaired) electrons. The second-order valence-electron chi connectivity index (χ2n) is 6.13. The molecule has 0 spiro atoms. The van der Waals surface area contributed by atoms with E-state index >= 15 is 0 Å². The highest BCUT2D eigenvalue weighted by atomic mass is 35.5. The maximum absolute atomic E-state index is 12.0. The number of aliphatic imine (C=N–C) groups is 1. The Balaban J connectivity index is 5.55. The zero-order valence-corrected chi connectivity index (χ0v) is 14.9. The van der Waals surface area contributed by atoms with Gasteiger partial charge >= 0.3 is 6.09 Å². The molecule has 23 heavy (non-hydrogen) atoms. The number of allylic oxidation sites excluding steroid dienone is 1. The number of rotatable bonds is 4. The van der Waals surface area contributed by atoms with Crippen LogP contribution in [0.2, 0.25) is 0 Å². The van der Waals surface area contributed by atoms with E-state index in [0.29, 0.717) is 6.54 Å². The first-order valence-corrected chi connectivity index (χ1v) is 7.40. The standard InChI is InChI=1S/C15H24ClN5O2/c1-10(2)9-21(20-14(22)23-15(4,5)6)13(12(16)8-18)19-11(3)7-17/h8,10H,3,9,18H2,1-2,4-6H3,(H,20,22)/b12-8+,19-13+. The summed E-state index contributed by atoms with van der Waals surface area (Å²) in [6, 6.07) is 1.79. The molecule has 0 heterocycles. The Hall–Kier alpha value is -2.20. The Labute approximate surface area is 142 Å². The van der Waals surface area contributed by atoms with E-state index in [1.165, 1.54) is 5.01 Å². The number of nitrogens with two attached hydrogens (primary N) is 1. The van der Waals surface area contributed by atoms with Gasteiger partial charge in [0.15, 0.2) is 5.84 Å². The summed E-state index contributed by atoms with van der Waals surface area (Å²) < 4.78 is 5.22. The highest BCUT2D eigenvalue weighted by Gasteiger charge is 2.22. The van der Waals surface area contributed by atoms with Crippen molar-refractivity contribution in [2.24, 2.45) is 16.6 Å². The Kier molecular flexibility index (Phi) is 8.19. The quantitative estimate of drug-likeness (QED) is 0.354. The lowest BCUT2D eigenvalue weighted by Crippen LogP contribution is -2.49. The second kappa shape index (κ2) is 9.06. The van der Waals surface area contributed by atoms with Crippen molar-refractivity contribution in [3.8, 4) is 6.07 Å². The van der Waals surface area contributed by atoms with Crippen molar-refractivity contribution in [2.45, 2.75) is 40.2 Å². The van der Waals surface area contributed by atoms with Crippen molar-refractivity contribution in [3.63, 3.8) is 0 Å². The molecule has 0 atom stereocenters. The summed E-state index contributed by atoms with van der Waals surface area (Å²) in [4.78, 5) is 16.0. The van der Waals surface area contributed by atoms with Crippen molar-refractivity contribution in [1.29, 1.82) is 5.26 Å². The van der Waals surface area contributed by atoms with E-state index in [4.69, 9.17) is 27.3 Å². The highest BCUT2D eigenvalue weighted by molar-refractivity contribution is 6.43. The number of nitrogens with one attached hydrogen (secondary N) is 1. The van der Waals surface area contributed by atoms with Crippen molar-refractivity contribution < 1.29 is 9.53 Å². The molecule has 0 aliphatic rings. The lowest BCUT2D eigenvalue weighted by atomic mass is 10.2. The number of halogens is 1. The summed E-state index contributed by atoms with van der Waals surface area (Å²) in [7, 11) is 0. The summed E-state index contributed by atoms with van der Waals surface area (Å²) in [6.07, 6.45) is 0.449. The molecule has 0 aromatic heterocycles. The molecule has 0 unspecified atom stereocenters. The minimum absolute atomic E-state index is 0.0677. The van der Waals surface area contributed by atoms with Gasteiger partial charge in [0, 0.05) is 12.7 Å². The lowest BCUT2D eigenvalue weighted by molar-refractivity contribution is 0.0408. The maximum atomic E-state index is 12.0. The fourth-order valence-electron chi connectivity index (χ4n) is 1.43. The van der Waals surface area contributed by atoms with E-state index in [2.05, 4.69) is 17.0 Å². The van der Waals surface area contributed by atoms with Crippen LogP contribution in [0.5, 0.6) is 0 Å². The molecule has 0 bridgehead atoms. The van der Waals surface area contributed by atoms with Crippen molar-refractivity contribution >= 4 is 23.5 Å². The number of carbonyl (C=O) groups excluding carboxylic acids is 1. The van der Waals surface area contributed by atoms with Crippen molar-refractivity contribution in [3.05, 3.63) is 23.5 Å². The SMILES string of the molecule is C=C(C#N)/N=C(\C(Cl)=C/N)N(CC(C)C)NC(=O)OC(C)(C)C. The Morgan fingerprint density at radius 3 is 2.52 bits per heavy atom.